The number of rotatable bonds is 8. The number of hydrogen-bond donors (Lipinski definition) is 2. The van der Waals surface area contributed by atoms with Crippen molar-refractivity contribution in [2.75, 3.05) is 13.2 Å². The van der Waals surface area contributed by atoms with Gasteiger partial charge in [0, 0.05) is 17.5 Å². The standard InChI is InChI=1S/C17H20N2O4S/c1-3-8-23-13-6-4-12(5-7-13)16-19-14(10-24-16)15(20)18-9-11(2)17(21)22/h4-7,10-11H,3,8-9H2,1-2H3,(H,18,20)(H,21,22). The summed E-state index contributed by atoms with van der Waals surface area (Å²) in [6, 6.07) is 7.55. The number of nitrogens with zero attached hydrogens (tertiary/aromatic N) is 1. The van der Waals surface area contributed by atoms with Crippen molar-refractivity contribution < 1.29 is 19.4 Å². The lowest BCUT2D eigenvalue weighted by Gasteiger charge is -2.06. The first-order valence-corrected chi connectivity index (χ1v) is 8.59. The van der Waals surface area contributed by atoms with Crippen molar-refractivity contribution in [1.82, 2.24) is 10.3 Å². The molecule has 1 amide bonds. The van der Waals surface area contributed by atoms with Gasteiger partial charge in [0.25, 0.3) is 5.91 Å². The van der Waals surface area contributed by atoms with Crippen molar-refractivity contribution in [2.45, 2.75) is 20.3 Å². The minimum atomic E-state index is -0.945. The van der Waals surface area contributed by atoms with Crippen molar-refractivity contribution in [3.63, 3.8) is 0 Å². The normalized spacial score (nSPS) is 11.8. The van der Waals surface area contributed by atoms with Gasteiger partial charge in [-0.1, -0.05) is 13.8 Å². The fourth-order valence-electron chi connectivity index (χ4n) is 1.85. The van der Waals surface area contributed by atoms with Crippen molar-refractivity contribution in [1.29, 1.82) is 0 Å². The number of carboxylic acid groups (broad SMARTS) is 1. The Morgan fingerprint density at radius 1 is 1.33 bits per heavy atom. The highest BCUT2D eigenvalue weighted by atomic mass is 32.1. The number of aromatic nitrogens is 1. The zero-order valence-electron chi connectivity index (χ0n) is 13.6. The number of nitrogens with one attached hydrogen (secondary N) is 1. The molecule has 0 saturated carbocycles. The molecule has 0 aliphatic rings. The lowest BCUT2D eigenvalue weighted by molar-refractivity contribution is -0.140. The maximum atomic E-state index is 12.0. The molecule has 0 saturated heterocycles. The maximum Gasteiger partial charge on any atom is 0.308 e. The zero-order valence-corrected chi connectivity index (χ0v) is 14.4. The van der Waals surface area contributed by atoms with Crippen LogP contribution in [0.1, 0.15) is 30.8 Å². The Morgan fingerprint density at radius 2 is 2.04 bits per heavy atom. The average molecular weight is 348 g/mol. The molecule has 0 radical (unpaired) electrons. The van der Waals surface area contributed by atoms with E-state index in [1.165, 1.54) is 18.3 Å². The van der Waals surface area contributed by atoms with Gasteiger partial charge in [0.05, 0.1) is 12.5 Å². The van der Waals surface area contributed by atoms with E-state index in [1.54, 1.807) is 5.38 Å². The van der Waals surface area contributed by atoms with Gasteiger partial charge in [0.15, 0.2) is 0 Å². The van der Waals surface area contributed by atoms with Gasteiger partial charge in [0.1, 0.15) is 16.5 Å². The predicted molar refractivity (Wildman–Crippen MR) is 92.5 cm³/mol. The fraction of sp³-hybridized carbons (Fsp3) is 0.353. The van der Waals surface area contributed by atoms with Crippen LogP contribution in [0.5, 0.6) is 5.75 Å². The van der Waals surface area contributed by atoms with Gasteiger partial charge in [-0.3, -0.25) is 9.59 Å². The summed E-state index contributed by atoms with van der Waals surface area (Å²) in [6.45, 7) is 4.34. The maximum absolute atomic E-state index is 12.0. The van der Waals surface area contributed by atoms with Gasteiger partial charge in [0.2, 0.25) is 0 Å². The second kappa shape index (κ2) is 8.44. The molecule has 1 aromatic carbocycles. The van der Waals surface area contributed by atoms with Crippen LogP contribution in [0.15, 0.2) is 29.6 Å². The van der Waals surface area contributed by atoms with Crippen LogP contribution in [0.25, 0.3) is 10.6 Å². The van der Waals surface area contributed by atoms with Crippen LogP contribution >= 0.6 is 11.3 Å². The van der Waals surface area contributed by atoms with Gasteiger partial charge in [-0.2, -0.15) is 0 Å². The molecule has 2 N–H and O–H groups in total. The molecule has 1 unspecified atom stereocenters. The first kappa shape index (κ1) is 17.9. The first-order chi connectivity index (χ1) is 11.5. The number of carbonyl (C=O) groups is 2. The molecular formula is C17H20N2O4S. The highest BCUT2D eigenvalue weighted by Crippen LogP contribution is 2.25. The monoisotopic (exact) mass is 348 g/mol. The Labute approximate surface area is 144 Å². The summed E-state index contributed by atoms with van der Waals surface area (Å²) in [5.41, 5.74) is 1.20. The average Bonchev–Trinajstić information content (AvgIpc) is 3.08. The molecular weight excluding hydrogens is 328 g/mol. The van der Waals surface area contributed by atoms with Crippen molar-refractivity contribution in [2.24, 2.45) is 5.92 Å². The summed E-state index contributed by atoms with van der Waals surface area (Å²) in [4.78, 5) is 27.1. The second-order valence-electron chi connectivity index (χ2n) is 5.36. The first-order valence-electron chi connectivity index (χ1n) is 7.71. The Bertz CT molecular complexity index is 697. The predicted octanol–water partition coefficient (Wildman–Crippen LogP) is 3.05. The Morgan fingerprint density at radius 3 is 2.67 bits per heavy atom. The Hall–Kier alpha value is -2.41. The Balaban J connectivity index is 1.99. The van der Waals surface area contributed by atoms with E-state index in [4.69, 9.17) is 9.84 Å². The minimum absolute atomic E-state index is 0.0739. The topological polar surface area (TPSA) is 88.5 Å². The van der Waals surface area contributed by atoms with E-state index in [9.17, 15) is 9.59 Å². The molecule has 1 heterocycles. The molecule has 6 nitrogen and oxygen atoms in total. The van der Waals surface area contributed by atoms with E-state index in [-0.39, 0.29) is 12.5 Å². The molecule has 0 spiro atoms. The van der Waals surface area contributed by atoms with Crippen LogP contribution < -0.4 is 10.1 Å². The summed E-state index contributed by atoms with van der Waals surface area (Å²) in [5, 5.41) is 13.8. The molecule has 0 aliphatic heterocycles. The second-order valence-corrected chi connectivity index (χ2v) is 6.22. The number of thiazole rings is 1. The number of ether oxygens (including phenoxy) is 1. The minimum Gasteiger partial charge on any atom is -0.494 e. The third-order valence-electron chi connectivity index (χ3n) is 3.30. The molecule has 128 valence electrons. The lowest BCUT2D eigenvalue weighted by Crippen LogP contribution is -2.31. The van der Waals surface area contributed by atoms with Crippen LogP contribution in [0.2, 0.25) is 0 Å². The number of amides is 1. The van der Waals surface area contributed by atoms with E-state index >= 15 is 0 Å². The molecule has 24 heavy (non-hydrogen) atoms. The number of hydrogen-bond acceptors (Lipinski definition) is 5. The molecule has 2 rings (SSSR count). The van der Waals surface area contributed by atoms with Crippen LogP contribution in [0.4, 0.5) is 0 Å². The zero-order chi connectivity index (χ0) is 17.5. The number of benzene rings is 1. The van der Waals surface area contributed by atoms with E-state index in [2.05, 4.69) is 10.3 Å². The van der Waals surface area contributed by atoms with Gasteiger partial charge in [-0.15, -0.1) is 11.3 Å². The van der Waals surface area contributed by atoms with Gasteiger partial charge >= 0.3 is 5.97 Å². The van der Waals surface area contributed by atoms with Crippen molar-refractivity contribution in [3.8, 4) is 16.3 Å². The fourth-order valence-corrected chi connectivity index (χ4v) is 2.65. The van der Waals surface area contributed by atoms with Crippen LogP contribution in [-0.2, 0) is 4.79 Å². The summed E-state index contributed by atoms with van der Waals surface area (Å²) < 4.78 is 5.53. The lowest BCUT2D eigenvalue weighted by atomic mass is 10.2. The SMILES string of the molecule is CCCOc1ccc(-c2nc(C(=O)NCC(C)C(=O)O)cs2)cc1. The van der Waals surface area contributed by atoms with Crippen molar-refractivity contribution in [3.05, 3.63) is 35.3 Å². The largest absolute Gasteiger partial charge is 0.494 e. The smallest absolute Gasteiger partial charge is 0.308 e. The Kier molecular flexibility index (Phi) is 6.31. The number of carbonyl (C=O) groups excluding carboxylic acids is 1. The summed E-state index contributed by atoms with van der Waals surface area (Å²) in [7, 11) is 0. The third kappa shape index (κ3) is 4.79. The van der Waals surface area contributed by atoms with Gasteiger partial charge < -0.3 is 15.2 Å². The molecule has 0 fully saturated rings. The quantitative estimate of drug-likeness (QED) is 0.765. The summed E-state index contributed by atoms with van der Waals surface area (Å²) >= 11 is 1.37. The van der Waals surface area contributed by atoms with Crippen LogP contribution in [0.3, 0.4) is 0 Å². The number of carboxylic acids is 1. The van der Waals surface area contributed by atoms with Gasteiger partial charge in [-0.25, -0.2) is 4.98 Å². The van der Waals surface area contributed by atoms with E-state index in [1.807, 2.05) is 31.2 Å². The van der Waals surface area contributed by atoms with E-state index in [0.717, 1.165) is 22.7 Å². The highest BCUT2D eigenvalue weighted by molar-refractivity contribution is 7.13. The molecule has 7 heteroatoms. The van der Waals surface area contributed by atoms with Crippen LogP contribution in [0, 0.1) is 5.92 Å². The molecule has 0 bridgehead atoms. The number of aliphatic carboxylic acids is 1. The molecule has 0 aliphatic carbocycles. The van der Waals surface area contributed by atoms with E-state index in [0.29, 0.717) is 12.3 Å². The van der Waals surface area contributed by atoms with E-state index < -0.39 is 11.9 Å². The molecule has 1 aromatic heterocycles. The highest BCUT2D eigenvalue weighted by Gasteiger charge is 2.15. The summed E-state index contributed by atoms with van der Waals surface area (Å²) in [6.07, 6.45) is 0.952. The molecule has 1 atom stereocenters. The molecule has 2 aromatic rings. The van der Waals surface area contributed by atoms with Crippen molar-refractivity contribution >= 4 is 23.2 Å². The van der Waals surface area contributed by atoms with Crippen LogP contribution in [-0.4, -0.2) is 35.1 Å². The third-order valence-corrected chi connectivity index (χ3v) is 4.19. The van der Waals surface area contributed by atoms with Gasteiger partial charge in [-0.05, 0) is 30.7 Å². The summed E-state index contributed by atoms with van der Waals surface area (Å²) in [5.74, 6) is -1.14.